The molecule has 3 amide bonds. The highest BCUT2D eigenvalue weighted by atomic mass is 16.2. The van der Waals surface area contributed by atoms with Crippen LogP contribution in [0.1, 0.15) is 68.9 Å². The number of primary amides is 1. The lowest BCUT2D eigenvalue weighted by molar-refractivity contribution is -0.137. The Morgan fingerprint density at radius 1 is 1.14 bits per heavy atom. The highest BCUT2D eigenvalue weighted by molar-refractivity contribution is 5.79. The van der Waals surface area contributed by atoms with Gasteiger partial charge in [0.05, 0.1) is 0 Å². The van der Waals surface area contributed by atoms with E-state index in [-0.39, 0.29) is 17.4 Å². The molecule has 1 heterocycles. The lowest BCUT2D eigenvalue weighted by Gasteiger charge is -2.42. The number of carbonyl (C=O) groups excluding carboxylic acids is 2. The standard InChI is InChI=1S/C23H33N3O2/c1-2-16-7-9-17(10-8-16)19-13-20(23(11-12-23)25-22(24)28)15-26(14-19)21(27)18-5-3-4-6-18/h7-10,18-20H,2-6,11-15H2,1H3,(H3,24,25,28). The first-order chi connectivity index (χ1) is 13.5. The monoisotopic (exact) mass is 383 g/mol. The molecular formula is C23H33N3O2. The van der Waals surface area contributed by atoms with Gasteiger partial charge in [-0.1, -0.05) is 44.0 Å². The van der Waals surface area contributed by atoms with Gasteiger partial charge in [-0.15, -0.1) is 0 Å². The summed E-state index contributed by atoms with van der Waals surface area (Å²) in [5.41, 5.74) is 7.90. The van der Waals surface area contributed by atoms with Crippen LogP contribution in [0.15, 0.2) is 24.3 Å². The molecule has 1 aromatic carbocycles. The fourth-order valence-electron chi connectivity index (χ4n) is 5.39. The Morgan fingerprint density at radius 3 is 2.39 bits per heavy atom. The van der Waals surface area contributed by atoms with Crippen molar-refractivity contribution in [2.45, 2.75) is 69.7 Å². The van der Waals surface area contributed by atoms with Crippen molar-refractivity contribution in [1.82, 2.24) is 10.2 Å². The van der Waals surface area contributed by atoms with Gasteiger partial charge in [-0.05, 0) is 49.7 Å². The molecule has 1 saturated heterocycles. The van der Waals surface area contributed by atoms with Crippen LogP contribution >= 0.6 is 0 Å². The number of urea groups is 1. The van der Waals surface area contributed by atoms with Crippen molar-refractivity contribution in [3.8, 4) is 0 Å². The van der Waals surface area contributed by atoms with E-state index in [9.17, 15) is 9.59 Å². The van der Waals surface area contributed by atoms with Gasteiger partial charge in [0.25, 0.3) is 0 Å². The first-order valence-corrected chi connectivity index (χ1v) is 11.0. The highest BCUT2D eigenvalue weighted by Gasteiger charge is 2.53. The molecular weight excluding hydrogens is 350 g/mol. The highest BCUT2D eigenvalue weighted by Crippen LogP contribution is 2.48. The van der Waals surface area contributed by atoms with Gasteiger partial charge in [-0.3, -0.25) is 4.79 Å². The number of likely N-dealkylation sites (tertiary alicyclic amines) is 1. The largest absolute Gasteiger partial charge is 0.352 e. The molecule has 0 bridgehead atoms. The molecule has 0 spiro atoms. The van der Waals surface area contributed by atoms with Gasteiger partial charge in [0.1, 0.15) is 0 Å². The molecule has 2 aliphatic carbocycles. The summed E-state index contributed by atoms with van der Waals surface area (Å²) in [4.78, 5) is 26.9. The Kier molecular flexibility index (Phi) is 5.35. The van der Waals surface area contributed by atoms with Gasteiger partial charge in [-0.2, -0.15) is 0 Å². The number of nitrogens with zero attached hydrogens (tertiary/aromatic N) is 1. The normalized spacial score (nSPS) is 26.8. The summed E-state index contributed by atoms with van der Waals surface area (Å²) in [7, 11) is 0. The summed E-state index contributed by atoms with van der Waals surface area (Å²) >= 11 is 0. The van der Waals surface area contributed by atoms with E-state index in [4.69, 9.17) is 5.73 Å². The van der Waals surface area contributed by atoms with Crippen LogP contribution in [0.3, 0.4) is 0 Å². The lowest BCUT2D eigenvalue weighted by Crippen LogP contribution is -2.54. The number of piperidine rings is 1. The number of carbonyl (C=O) groups is 2. The molecule has 3 N–H and O–H groups in total. The van der Waals surface area contributed by atoms with Crippen molar-refractivity contribution in [2.24, 2.45) is 17.6 Å². The van der Waals surface area contributed by atoms with Crippen LogP contribution in [0.25, 0.3) is 0 Å². The van der Waals surface area contributed by atoms with E-state index in [0.29, 0.717) is 11.8 Å². The van der Waals surface area contributed by atoms with E-state index >= 15 is 0 Å². The van der Waals surface area contributed by atoms with E-state index in [1.54, 1.807) is 0 Å². The van der Waals surface area contributed by atoms with Crippen LogP contribution < -0.4 is 11.1 Å². The number of hydrogen-bond acceptors (Lipinski definition) is 2. The number of nitrogens with one attached hydrogen (secondary N) is 1. The van der Waals surface area contributed by atoms with Gasteiger partial charge >= 0.3 is 6.03 Å². The van der Waals surface area contributed by atoms with E-state index in [1.165, 1.54) is 24.0 Å². The van der Waals surface area contributed by atoms with Crippen molar-refractivity contribution >= 4 is 11.9 Å². The minimum Gasteiger partial charge on any atom is -0.352 e. The van der Waals surface area contributed by atoms with E-state index in [2.05, 4.69) is 41.4 Å². The summed E-state index contributed by atoms with van der Waals surface area (Å²) in [6.07, 6.45) is 8.36. The number of nitrogens with two attached hydrogens (primary N) is 1. The third-order valence-corrected chi connectivity index (χ3v) is 7.27. The van der Waals surface area contributed by atoms with Crippen molar-refractivity contribution < 1.29 is 9.59 Å². The Bertz CT molecular complexity index is 720. The average molecular weight is 384 g/mol. The minimum atomic E-state index is -0.444. The Morgan fingerprint density at radius 2 is 1.82 bits per heavy atom. The molecule has 28 heavy (non-hydrogen) atoms. The zero-order chi connectivity index (χ0) is 19.7. The van der Waals surface area contributed by atoms with Crippen LogP contribution in [0.5, 0.6) is 0 Å². The molecule has 2 unspecified atom stereocenters. The SMILES string of the molecule is CCc1ccc(C2CC(C3(NC(N)=O)CC3)CN(C(=O)C3CCCC3)C2)cc1. The second kappa shape index (κ2) is 7.76. The zero-order valence-electron chi connectivity index (χ0n) is 17.0. The Labute approximate surface area is 168 Å². The minimum absolute atomic E-state index is 0.195. The third-order valence-electron chi connectivity index (χ3n) is 7.27. The van der Waals surface area contributed by atoms with Crippen LogP contribution in [0.2, 0.25) is 0 Å². The van der Waals surface area contributed by atoms with Gasteiger partial charge in [0, 0.05) is 36.4 Å². The van der Waals surface area contributed by atoms with Crippen LogP contribution in [-0.2, 0) is 11.2 Å². The molecule has 1 aromatic rings. The summed E-state index contributed by atoms with van der Waals surface area (Å²) in [6, 6.07) is 8.42. The molecule has 5 nitrogen and oxygen atoms in total. The molecule has 5 heteroatoms. The van der Waals surface area contributed by atoms with E-state index in [0.717, 1.165) is 51.6 Å². The molecule has 2 atom stereocenters. The topological polar surface area (TPSA) is 75.4 Å². The Balaban J connectivity index is 1.56. The van der Waals surface area contributed by atoms with Gasteiger partial charge in [0.2, 0.25) is 5.91 Å². The molecule has 0 radical (unpaired) electrons. The summed E-state index contributed by atoms with van der Waals surface area (Å²) < 4.78 is 0. The second-order valence-electron chi connectivity index (χ2n) is 9.09. The van der Waals surface area contributed by atoms with E-state index in [1.807, 2.05) is 0 Å². The summed E-state index contributed by atoms with van der Waals surface area (Å²) in [5.74, 6) is 1.12. The third kappa shape index (κ3) is 3.89. The molecule has 4 rings (SSSR count). The molecule has 2 saturated carbocycles. The first-order valence-electron chi connectivity index (χ1n) is 11.0. The van der Waals surface area contributed by atoms with Crippen LogP contribution in [0, 0.1) is 11.8 Å². The van der Waals surface area contributed by atoms with Crippen LogP contribution in [0.4, 0.5) is 4.79 Å². The van der Waals surface area contributed by atoms with Gasteiger partial charge < -0.3 is 16.0 Å². The summed E-state index contributed by atoms with van der Waals surface area (Å²) in [5, 5.41) is 3.02. The predicted octanol–water partition coefficient (Wildman–Crippen LogP) is 3.57. The number of amides is 3. The smallest absolute Gasteiger partial charge is 0.312 e. The van der Waals surface area contributed by atoms with Gasteiger partial charge in [-0.25, -0.2) is 4.79 Å². The molecule has 152 valence electrons. The quantitative estimate of drug-likeness (QED) is 0.815. The molecule has 3 aliphatic rings. The van der Waals surface area contributed by atoms with E-state index < -0.39 is 6.03 Å². The second-order valence-corrected chi connectivity index (χ2v) is 9.09. The van der Waals surface area contributed by atoms with Gasteiger partial charge in [0.15, 0.2) is 0 Å². The zero-order valence-corrected chi connectivity index (χ0v) is 17.0. The summed E-state index contributed by atoms with van der Waals surface area (Å²) in [6.45, 7) is 3.71. The van der Waals surface area contributed by atoms with Crippen molar-refractivity contribution in [2.75, 3.05) is 13.1 Å². The number of rotatable bonds is 5. The van der Waals surface area contributed by atoms with Crippen molar-refractivity contribution in [1.29, 1.82) is 0 Å². The van der Waals surface area contributed by atoms with Crippen LogP contribution in [-0.4, -0.2) is 35.5 Å². The average Bonchev–Trinajstić information content (AvgIpc) is 3.27. The Hall–Kier alpha value is -2.04. The lowest BCUT2D eigenvalue weighted by atomic mass is 9.79. The number of benzene rings is 1. The maximum Gasteiger partial charge on any atom is 0.312 e. The first kappa shape index (κ1) is 19.3. The fraction of sp³-hybridized carbons (Fsp3) is 0.652. The molecule has 0 aromatic heterocycles. The predicted molar refractivity (Wildman–Crippen MR) is 110 cm³/mol. The van der Waals surface area contributed by atoms with Crippen molar-refractivity contribution in [3.63, 3.8) is 0 Å². The molecule has 3 fully saturated rings. The maximum atomic E-state index is 13.2. The fourth-order valence-corrected chi connectivity index (χ4v) is 5.39. The maximum absolute atomic E-state index is 13.2. The number of aryl methyl sites for hydroxylation is 1. The van der Waals surface area contributed by atoms with Crippen molar-refractivity contribution in [3.05, 3.63) is 35.4 Å². The number of hydrogen-bond donors (Lipinski definition) is 2. The molecule has 1 aliphatic heterocycles.